The Morgan fingerprint density at radius 3 is 2.50 bits per heavy atom. The van der Waals surface area contributed by atoms with E-state index in [0.29, 0.717) is 36.9 Å². The Bertz CT molecular complexity index is 284. The molecule has 1 heterocycles. The lowest BCUT2D eigenvalue weighted by molar-refractivity contribution is -0.144. The number of ether oxygens (including phenoxy) is 1. The van der Waals surface area contributed by atoms with E-state index >= 15 is 0 Å². The Morgan fingerprint density at radius 2 is 1.89 bits per heavy atom. The standard InChI is InChI=1S/C15H27NO2/c1-11(2)13-5-4-12(3)10-14(13)15(17)16-6-8-18-9-7-16/h11-14H,4-10H2,1-3H3. The van der Waals surface area contributed by atoms with Crippen LogP contribution in [0.15, 0.2) is 0 Å². The third-order valence-electron chi connectivity index (χ3n) is 4.66. The van der Waals surface area contributed by atoms with Gasteiger partial charge in [-0.1, -0.05) is 27.2 Å². The van der Waals surface area contributed by atoms with Gasteiger partial charge in [-0.2, -0.15) is 0 Å². The van der Waals surface area contributed by atoms with E-state index in [1.807, 2.05) is 4.90 Å². The third-order valence-corrected chi connectivity index (χ3v) is 4.66. The molecule has 1 saturated carbocycles. The van der Waals surface area contributed by atoms with Crippen molar-refractivity contribution in [1.82, 2.24) is 4.90 Å². The molecule has 0 spiro atoms. The maximum Gasteiger partial charge on any atom is 0.226 e. The van der Waals surface area contributed by atoms with Crippen molar-refractivity contribution >= 4 is 5.91 Å². The number of amides is 1. The minimum absolute atomic E-state index is 0.256. The molecule has 3 atom stereocenters. The van der Waals surface area contributed by atoms with Gasteiger partial charge in [0.25, 0.3) is 0 Å². The minimum Gasteiger partial charge on any atom is -0.378 e. The van der Waals surface area contributed by atoms with Crippen LogP contribution in [0.5, 0.6) is 0 Å². The summed E-state index contributed by atoms with van der Waals surface area (Å²) in [6.45, 7) is 9.81. The molecule has 1 amide bonds. The van der Waals surface area contributed by atoms with Crippen molar-refractivity contribution < 1.29 is 9.53 Å². The van der Waals surface area contributed by atoms with Gasteiger partial charge in [-0.25, -0.2) is 0 Å². The zero-order valence-electron chi connectivity index (χ0n) is 12.0. The van der Waals surface area contributed by atoms with Crippen LogP contribution in [0.25, 0.3) is 0 Å². The Balaban J connectivity index is 2.04. The molecule has 1 aliphatic heterocycles. The van der Waals surface area contributed by atoms with E-state index in [2.05, 4.69) is 20.8 Å². The first-order chi connectivity index (χ1) is 8.59. The predicted octanol–water partition coefficient (Wildman–Crippen LogP) is 2.55. The van der Waals surface area contributed by atoms with Crippen molar-refractivity contribution in [3.05, 3.63) is 0 Å². The topological polar surface area (TPSA) is 29.5 Å². The lowest BCUT2D eigenvalue weighted by atomic mass is 9.69. The molecule has 3 heteroatoms. The molecule has 1 saturated heterocycles. The molecule has 0 bridgehead atoms. The smallest absolute Gasteiger partial charge is 0.226 e. The van der Waals surface area contributed by atoms with E-state index in [9.17, 15) is 4.79 Å². The largest absolute Gasteiger partial charge is 0.378 e. The molecule has 1 aliphatic carbocycles. The summed E-state index contributed by atoms with van der Waals surface area (Å²) in [6.07, 6.45) is 3.59. The van der Waals surface area contributed by atoms with Crippen molar-refractivity contribution in [1.29, 1.82) is 0 Å². The average Bonchev–Trinajstić information content (AvgIpc) is 2.38. The minimum atomic E-state index is 0.256. The Kier molecular flexibility index (Phi) is 4.66. The van der Waals surface area contributed by atoms with E-state index in [0.717, 1.165) is 19.5 Å². The Hall–Kier alpha value is -0.570. The summed E-state index contributed by atoms with van der Waals surface area (Å²) in [5.41, 5.74) is 0. The summed E-state index contributed by atoms with van der Waals surface area (Å²) in [6, 6.07) is 0. The summed E-state index contributed by atoms with van der Waals surface area (Å²) >= 11 is 0. The first-order valence-corrected chi connectivity index (χ1v) is 7.46. The molecule has 2 fully saturated rings. The van der Waals surface area contributed by atoms with E-state index in [1.54, 1.807) is 0 Å². The van der Waals surface area contributed by atoms with Gasteiger partial charge in [-0.05, 0) is 30.6 Å². The first kappa shape index (κ1) is 13.9. The van der Waals surface area contributed by atoms with Crippen molar-refractivity contribution in [3.63, 3.8) is 0 Å². The highest BCUT2D eigenvalue weighted by Crippen LogP contribution is 2.39. The highest BCUT2D eigenvalue weighted by atomic mass is 16.5. The molecule has 0 N–H and O–H groups in total. The molecular formula is C15H27NO2. The van der Waals surface area contributed by atoms with E-state index in [4.69, 9.17) is 4.74 Å². The van der Waals surface area contributed by atoms with Gasteiger partial charge in [0.05, 0.1) is 13.2 Å². The fourth-order valence-corrected chi connectivity index (χ4v) is 3.50. The molecule has 0 aromatic carbocycles. The van der Waals surface area contributed by atoms with Crippen LogP contribution in [0.4, 0.5) is 0 Å². The number of carbonyl (C=O) groups is 1. The van der Waals surface area contributed by atoms with Gasteiger partial charge < -0.3 is 9.64 Å². The van der Waals surface area contributed by atoms with Gasteiger partial charge in [-0.3, -0.25) is 4.79 Å². The summed E-state index contributed by atoms with van der Waals surface area (Å²) in [5.74, 6) is 2.55. The normalized spacial score (nSPS) is 33.8. The summed E-state index contributed by atoms with van der Waals surface area (Å²) in [7, 11) is 0. The van der Waals surface area contributed by atoms with Gasteiger partial charge in [0.1, 0.15) is 0 Å². The van der Waals surface area contributed by atoms with Crippen LogP contribution in [-0.4, -0.2) is 37.1 Å². The van der Waals surface area contributed by atoms with Gasteiger partial charge >= 0.3 is 0 Å². The predicted molar refractivity (Wildman–Crippen MR) is 72.2 cm³/mol. The summed E-state index contributed by atoms with van der Waals surface area (Å²) in [5, 5.41) is 0. The number of morpholine rings is 1. The van der Waals surface area contributed by atoms with E-state index in [-0.39, 0.29) is 5.92 Å². The fourth-order valence-electron chi connectivity index (χ4n) is 3.50. The van der Waals surface area contributed by atoms with Crippen LogP contribution in [-0.2, 0) is 9.53 Å². The molecule has 0 aromatic heterocycles. The molecule has 2 rings (SSSR count). The van der Waals surface area contributed by atoms with Crippen molar-refractivity contribution in [3.8, 4) is 0 Å². The molecule has 0 radical (unpaired) electrons. The van der Waals surface area contributed by atoms with E-state index < -0.39 is 0 Å². The lowest BCUT2D eigenvalue weighted by Crippen LogP contribution is -2.47. The van der Waals surface area contributed by atoms with Gasteiger partial charge in [0.15, 0.2) is 0 Å². The zero-order valence-corrected chi connectivity index (χ0v) is 12.0. The highest BCUT2D eigenvalue weighted by Gasteiger charge is 2.37. The van der Waals surface area contributed by atoms with E-state index in [1.165, 1.54) is 12.8 Å². The van der Waals surface area contributed by atoms with Crippen LogP contribution in [0, 0.1) is 23.7 Å². The van der Waals surface area contributed by atoms with Gasteiger partial charge in [0, 0.05) is 19.0 Å². The first-order valence-electron chi connectivity index (χ1n) is 7.46. The van der Waals surface area contributed by atoms with Crippen LogP contribution in [0.3, 0.4) is 0 Å². The highest BCUT2D eigenvalue weighted by molar-refractivity contribution is 5.79. The van der Waals surface area contributed by atoms with Gasteiger partial charge in [-0.15, -0.1) is 0 Å². The average molecular weight is 253 g/mol. The van der Waals surface area contributed by atoms with Crippen LogP contribution in [0.1, 0.15) is 40.0 Å². The number of nitrogens with zero attached hydrogens (tertiary/aromatic N) is 1. The molecule has 3 nitrogen and oxygen atoms in total. The number of carbonyl (C=O) groups excluding carboxylic acids is 1. The quantitative estimate of drug-likeness (QED) is 0.757. The maximum atomic E-state index is 12.7. The molecule has 0 aromatic rings. The van der Waals surface area contributed by atoms with Crippen molar-refractivity contribution in [2.24, 2.45) is 23.7 Å². The third kappa shape index (κ3) is 3.05. The molecule has 3 unspecified atom stereocenters. The SMILES string of the molecule is CC1CCC(C(C)C)C(C(=O)N2CCOCC2)C1. The molecule has 2 aliphatic rings. The molecule has 104 valence electrons. The summed E-state index contributed by atoms with van der Waals surface area (Å²) < 4.78 is 5.34. The fraction of sp³-hybridized carbons (Fsp3) is 0.933. The second kappa shape index (κ2) is 6.05. The van der Waals surface area contributed by atoms with Crippen molar-refractivity contribution in [2.75, 3.05) is 26.3 Å². The van der Waals surface area contributed by atoms with Crippen LogP contribution >= 0.6 is 0 Å². The van der Waals surface area contributed by atoms with Crippen LogP contribution < -0.4 is 0 Å². The second-order valence-corrected chi connectivity index (χ2v) is 6.37. The monoisotopic (exact) mass is 253 g/mol. The Labute approximate surface area is 111 Å². The second-order valence-electron chi connectivity index (χ2n) is 6.37. The van der Waals surface area contributed by atoms with Gasteiger partial charge in [0.2, 0.25) is 5.91 Å². The Morgan fingerprint density at radius 1 is 1.22 bits per heavy atom. The maximum absolute atomic E-state index is 12.7. The lowest BCUT2D eigenvalue weighted by Gasteiger charge is -2.40. The van der Waals surface area contributed by atoms with Crippen molar-refractivity contribution in [2.45, 2.75) is 40.0 Å². The zero-order chi connectivity index (χ0) is 13.1. The summed E-state index contributed by atoms with van der Waals surface area (Å²) in [4.78, 5) is 14.7. The van der Waals surface area contributed by atoms with Crippen LogP contribution in [0.2, 0.25) is 0 Å². The number of hydrogen-bond donors (Lipinski definition) is 0. The molecule has 18 heavy (non-hydrogen) atoms. The number of rotatable bonds is 2. The number of hydrogen-bond acceptors (Lipinski definition) is 2. The molecular weight excluding hydrogens is 226 g/mol.